The molecule has 0 bridgehead atoms. The molecule has 3 heteroatoms. The molecule has 0 rings (SSSR count). The van der Waals surface area contributed by atoms with Gasteiger partial charge in [-0.05, 0) is 18.2 Å². The molecule has 0 amide bonds. The number of thioether (sulfide) groups is 1. The standard InChI is InChI=1S/C4H6FNS/c5-2-1-3-7-4-6/h1-3H2. The number of thiocyanates is 1. The van der Waals surface area contributed by atoms with Crippen LogP contribution in [-0.4, -0.2) is 12.4 Å². The van der Waals surface area contributed by atoms with Crippen molar-refractivity contribution in [1.82, 2.24) is 0 Å². The Balaban J connectivity index is 2.60. The first-order valence-electron chi connectivity index (χ1n) is 1.98. The second-order valence-corrected chi connectivity index (χ2v) is 1.86. The average Bonchev–Trinajstić information content (AvgIpc) is 1.69. The highest BCUT2D eigenvalue weighted by Crippen LogP contribution is 1.97. The number of nitriles is 1. The van der Waals surface area contributed by atoms with Crippen LogP contribution in [0, 0.1) is 10.7 Å². The molecule has 0 radical (unpaired) electrons. The number of rotatable bonds is 3. The van der Waals surface area contributed by atoms with E-state index in [9.17, 15) is 4.39 Å². The van der Waals surface area contributed by atoms with Crippen LogP contribution in [0.4, 0.5) is 4.39 Å². The van der Waals surface area contributed by atoms with Crippen molar-refractivity contribution in [2.75, 3.05) is 12.4 Å². The summed E-state index contributed by atoms with van der Waals surface area (Å²) in [6.45, 7) is -0.311. The zero-order chi connectivity index (χ0) is 5.54. The van der Waals surface area contributed by atoms with Gasteiger partial charge in [-0.3, -0.25) is 4.39 Å². The van der Waals surface area contributed by atoms with Crippen LogP contribution in [0.2, 0.25) is 0 Å². The lowest BCUT2D eigenvalue weighted by atomic mass is 10.6. The summed E-state index contributed by atoms with van der Waals surface area (Å²) in [5, 5.41) is 9.74. The average molecular weight is 119 g/mol. The first-order chi connectivity index (χ1) is 3.41. The van der Waals surface area contributed by atoms with Crippen molar-refractivity contribution in [3.63, 3.8) is 0 Å². The molecule has 0 saturated heterocycles. The van der Waals surface area contributed by atoms with Crippen LogP contribution in [0.15, 0.2) is 0 Å². The summed E-state index contributed by atoms with van der Waals surface area (Å²) in [6, 6.07) is 0. The molecule has 0 aliphatic carbocycles. The van der Waals surface area contributed by atoms with Crippen LogP contribution in [0.5, 0.6) is 0 Å². The van der Waals surface area contributed by atoms with Gasteiger partial charge in [-0.25, -0.2) is 0 Å². The van der Waals surface area contributed by atoms with E-state index in [1.165, 1.54) is 0 Å². The van der Waals surface area contributed by atoms with E-state index in [1.807, 2.05) is 5.40 Å². The van der Waals surface area contributed by atoms with Gasteiger partial charge < -0.3 is 0 Å². The zero-order valence-electron chi connectivity index (χ0n) is 3.85. The van der Waals surface area contributed by atoms with E-state index in [-0.39, 0.29) is 6.67 Å². The van der Waals surface area contributed by atoms with Crippen LogP contribution in [0.3, 0.4) is 0 Å². The molecule has 0 aliphatic rings. The monoisotopic (exact) mass is 119 g/mol. The lowest BCUT2D eigenvalue weighted by molar-refractivity contribution is 0.489. The van der Waals surface area contributed by atoms with Crippen LogP contribution >= 0.6 is 11.8 Å². The zero-order valence-corrected chi connectivity index (χ0v) is 4.67. The summed E-state index contributed by atoms with van der Waals surface area (Å²) in [6.07, 6.45) is 0.498. The van der Waals surface area contributed by atoms with Crippen molar-refractivity contribution in [2.45, 2.75) is 6.42 Å². The van der Waals surface area contributed by atoms with E-state index in [4.69, 9.17) is 5.26 Å². The number of nitrogens with zero attached hydrogens (tertiary/aromatic N) is 1. The van der Waals surface area contributed by atoms with E-state index in [2.05, 4.69) is 0 Å². The van der Waals surface area contributed by atoms with Crippen molar-refractivity contribution in [1.29, 1.82) is 5.26 Å². The topological polar surface area (TPSA) is 23.8 Å². The van der Waals surface area contributed by atoms with Gasteiger partial charge >= 0.3 is 0 Å². The van der Waals surface area contributed by atoms with E-state index in [1.54, 1.807) is 0 Å². The van der Waals surface area contributed by atoms with Crippen LogP contribution < -0.4 is 0 Å². The first-order valence-corrected chi connectivity index (χ1v) is 2.97. The van der Waals surface area contributed by atoms with Crippen LogP contribution in [-0.2, 0) is 0 Å². The third kappa shape index (κ3) is 5.77. The molecule has 0 fully saturated rings. The van der Waals surface area contributed by atoms with E-state index >= 15 is 0 Å². The van der Waals surface area contributed by atoms with Crippen LogP contribution in [0.1, 0.15) is 6.42 Å². The Morgan fingerprint density at radius 2 is 2.43 bits per heavy atom. The summed E-state index contributed by atoms with van der Waals surface area (Å²) in [7, 11) is 0. The minimum atomic E-state index is -0.311. The quantitative estimate of drug-likeness (QED) is 0.416. The van der Waals surface area contributed by atoms with Gasteiger partial charge in [-0.1, -0.05) is 0 Å². The Labute approximate surface area is 46.5 Å². The Kier molecular flexibility index (Phi) is 5.58. The van der Waals surface area contributed by atoms with Gasteiger partial charge in [0.2, 0.25) is 0 Å². The molecule has 0 aromatic rings. The second-order valence-electron chi connectivity index (χ2n) is 0.982. The van der Waals surface area contributed by atoms with E-state index in [0.717, 1.165) is 11.8 Å². The number of halogens is 1. The largest absolute Gasteiger partial charge is 0.251 e. The molecular formula is C4H6FNS. The van der Waals surface area contributed by atoms with E-state index in [0.29, 0.717) is 12.2 Å². The Bertz CT molecular complexity index is 68.6. The predicted molar refractivity (Wildman–Crippen MR) is 28.7 cm³/mol. The molecule has 0 aromatic carbocycles. The smallest absolute Gasteiger partial charge is 0.133 e. The summed E-state index contributed by atoms with van der Waals surface area (Å²) < 4.78 is 11.2. The maximum atomic E-state index is 11.2. The molecular weight excluding hydrogens is 113 g/mol. The van der Waals surface area contributed by atoms with Crippen molar-refractivity contribution < 1.29 is 4.39 Å². The van der Waals surface area contributed by atoms with Gasteiger partial charge in [0.1, 0.15) is 5.40 Å². The van der Waals surface area contributed by atoms with Gasteiger partial charge in [0.05, 0.1) is 6.67 Å². The van der Waals surface area contributed by atoms with Gasteiger partial charge in [0.25, 0.3) is 0 Å². The highest BCUT2D eigenvalue weighted by molar-refractivity contribution is 8.03. The molecule has 40 valence electrons. The molecule has 0 heterocycles. The second kappa shape index (κ2) is 5.77. The molecule has 7 heavy (non-hydrogen) atoms. The SMILES string of the molecule is N#CSCCCF. The summed E-state index contributed by atoms with van der Waals surface area (Å²) in [5.41, 5.74) is 0. The van der Waals surface area contributed by atoms with Gasteiger partial charge in [0, 0.05) is 5.75 Å². The van der Waals surface area contributed by atoms with Crippen LogP contribution in [0.25, 0.3) is 0 Å². The van der Waals surface area contributed by atoms with E-state index < -0.39 is 0 Å². The lowest BCUT2D eigenvalue weighted by Crippen LogP contribution is -1.76. The minimum absolute atomic E-state index is 0.311. The Morgan fingerprint density at radius 3 is 2.86 bits per heavy atom. The van der Waals surface area contributed by atoms with Gasteiger partial charge in [-0.15, -0.1) is 0 Å². The first kappa shape index (κ1) is 6.77. The fourth-order valence-corrected chi connectivity index (χ4v) is 0.517. The highest BCUT2D eigenvalue weighted by atomic mass is 32.2. The Morgan fingerprint density at radius 1 is 1.71 bits per heavy atom. The van der Waals surface area contributed by atoms with Gasteiger partial charge in [0.15, 0.2) is 0 Å². The predicted octanol–water partition coefficient (Wildman–Crippen LogP) is 1.56. The molecule has 0 spiro atoms. The molecule has 0 aromatic heterocycles. The summed E-state index contributed by atoms with van der Waals surface area (Å²) >= 11 is 1.10. The molecule has 0 N–H and O–H groups in total. The fraction of sp³-hybridized carbons (Fsp3) is 0.750. The number of hydrogen-bond acceptors (Lipinski definition) is 2. The summed E-state index contributed by atoms with van der Waals surface area (Å²) in [4.78, 5) is 0. The maximum Gasteiger partial charge on any atom is 0.133 e. The normalized spacial score (nSPS) is 8.00. The van der Waals surface area contributed by atoms with Crippen molar-refractivity contribution in [3.05, 3.63) is 0 Å². The van der Waals surface area contributed by atoms with Crippen molar-refractivity contribution in [2.24, 2.45) is 0 Å². The van der Waals surface area contributed by atoms with Crippen molar-refractivity contribution >= 4 is 11.8 Å². The maximum absolute atomic E-state index is 11.2. The van der Waals surface area contributed by atoms with Crippen molar-refractivity contribution in [3.8, 4) is 5.40 Å². The minimum Gasteiger partial charge on any atom is -0.251 e. The number of hydrogen-bond donors (Lipinski definition) is 0. The Hall–Kier alpha value is -0.230. The molecule has 1 nitrogen and oxygen atoms in total. The highest BCUT2D eigenvalue weighted by Gasteiger charge is 1.82. The summed E-state index contributed by atoms with van der Waals surface area (Å²) in [5.74, 6) is 0.618. The molecule has 0 atom stereocenters. The molecule has 0 unspecified atom stereocenters. The lowest BCUT2D eigenvalue weighted by Gasteiger charge is -1.81. The fourth-order valence-electron chi connectivity index (χ4n) is 0.172. The third-order valence-electron chi connectivity index (χ3n) is 0.445. The number of alkyl halides is 1. The van der Waals surface area contributed by atoms with Gasteiger partial charge in [-0.2, -0.15) is 5.26 Å². The molecule has 0 aliphatic heterocycles. The molecule has 0 saturated carbocycles. The third-order valence-corrected chi connectivity index (χ3v) is 1.07.